The Bertz CT molecular complexity index is 640. The third kappa shape index (κ3) is 3.41. The molecule has 0 aliphatic carbocycles. The van der Waals surface area contributed by atoms with Crippen LogP contribution in [0.4, 0.5) is 0 Å². The normalized spacial score (nSPS) is 27.6. The van der Waals surface area contributed by atoms with Gasteiger partial charge in [0.25, 0.3) is 0 Å². The quantitative estimate of drug-likeness (QED) is 0.554. The number of hydroxylamine groups is 1. The van der Waals surface area contributed by atoms with Crippen molar-refractivity contribution in [2.45, 2.75) is 32.1 Å². The number of nitrogens with zero attached hydrogens (tertiary/aromatic N) is 1. The second kappa shape index (κ2) is 7.14. The maximum Gasteiger partial charge on any atom is 0.248 e. The molecule has 2 aliphatic heterocycles. The summed E-state index contributed by atoms with van der Waals surface area (Å²) in [5.74, 6) is -0.570. The van der Waals surface area contributed by atoms with E-state index in [1.54, 1.807) is 10.4 Å². The number of benzene rings is 1. The highest BCUT2D eigenvalue weighted by Crippen LogP contribution is 2.36. The molecule has 2 aliphatic rings. The van der Waals surface area contributed by atoms with Crippen molar-refractivity contribution in [1.29, 1.82) is 0 Å². The Morgan fingerprint density at radius 1 is 1.44 bits per heavy atom. The zero-order chi connectivity index (χ0) is 18.0. The highest BCUT2D eigenvalue weighted by Gasteiger charge is 2.45. The van der Waals surface area contributed by atoms with Crippen LogP contribution < -0.4 is 10.8 Å². The number of amides is 2. The summed E-state index contributed by atoms with van der Waals surface area (Å²) in [6, 6.07) is 8.11. The molecule has 0 bridgehead atoms. The number of aryl methyl sites for hydroxylation is 1. The predicted octanol–water partition coefficient (Wildman–Crippen LogP) is 1.22. The van der Waals surface area contributed by atoms with Gasteiger partial charge >= 0.3 is 0 Å². The van der Waals surface area contributed by atoms with E-state index in [-0.39, 0.29) is 17.7 Å². The van der Waals surface area contributed by atoms with E-state index in [1.807, 2.05) is 38.1 Å². The SMILES string of the molecule is Cc1ccc(C2(C)CCN(C[C@@H](C(=O)NO)C3CCNC3)C2=O)cc1. The molecule has 0 spiro atoms. The molecule has 0 aromatic heterocycles. The number of carbonyl (C=O) groups excluding carboxylic acids is 2. The van der Waals surface area contributed by atoms with Crippen LogP contribution in [0.1, 0.15) is 30.9 Å². The second-order valence-electron chi connectivity index (χ2n) is 7.53. The molecular weight excluding hydrogens is 318 g/mol. The molecular formula is C19H27N3O3. The lowest BCUT2D eigenvalue weighted by Crippen LogP contribution is -2.44. The van der Waals surface area contributed by atoms with E-state index in [2.05, 4.69) is 5.32 Å². The first kappa shape index (κ1) is 17.9. The van der Waals surface area contributed by atoms with Gasteiger partial charge in [-0.15, -0.1) is 0 Å². The fraction of sp³-hybridized carbons (Fsp3) is 0.579. The first-order valence-electron chi connectivity index (χ1n) is 8.97. The summed E-state index contributed by atoms with van der Waals surface area (Å²) in [4.78, 5) is 27.0. The molecule has 2 saturated heterocycles. The zero-order valence-electron chi connectivity index (χ0n) is 14.9. The van der Waals surface area contributed by atoms with Crippen LogP contribution in [0.3, 0.4) is 0 Å². The molecule has 3 atom stereocenters. The lowest BCUT2D eigenvalue weighted by Gasteiger charge is -2.28. The van der Waals surface area contributed by atoms with Gasteiger partial charge in [0.1, 0.15) is 0 Å². The number of hydrogen-bond acceptors (Lipinski definition) is 4. The van der Waals surface area contributed by atoms with Gasteiger partial charge in [0.05, 0.1) is 11.3 Å². The maximum absolute atomic E-state index is 13.1. The fourth-order valence-electron chi connectivity index (χ4n) is 4.07. The van der Waals surface area contributed by atoms with E-state index in [4.69, 9.17) is 5.21 Å². The third-order valence-electron chi connectivity index (χ3n) is 5.86. The third-order valence-corrected chi connectivity index (χ3v) is 5.86. The molecule has 6 nitrogen and oxygen atoms in total. The van der Waals surface area contributed by atoms with Crippen LogP contribution >= 0.6 is 0 Å². The minimum absolute atomic E-state index is 0.0676. The molecule has 0 radical (unpaired) electrons. The molecule has 3 N–H and O–H groups in total. The van der Waals surface area contributed by atoms with Crippen molar-refractivity contribution < 1.29 is 14.8 Å². The first-order valence-corrected chi connectivity index (χ1v) is 8.97. The fourth-order valence-corrected chi connectivity index (χ4v) is 4.07. The maximum atomic E-state index is 13.1. The van der Waals surface area contributed by atoms with Crippen molar-refractivity contribution in [3.63, 3.8) is 0 Å². The van der Waals surface area contributed by atoms with Gasteiger partial charge in [-0.05, 0) is 51.3 Å². The Balaban J connectivity index is 1.76. The monoisotopic (exact) mass is 345 g/mol. The van der Waals surface area contributed by atoms with Crippen LogP contribution in [0.2, 0.25) is 0 Å². The minimum atomic E-state index is -0.540. The number of rotatable bonds is 5. The number of nitrogens with one attached hydrogen (secondary N) is 2. The predicted molar refractivity (Wildman–Crippen MR) is 94.1 cm³/mol. The molecule has 2 unspecified atom stereocenters. The van der Waals surface area contributed by atoms with Crippen LogP contribution in [0, 0.1) is 18.8 Å². The summed E-state index contributed by atoms with van der Waals surface area (Å²) in [6.45, 7) is 6.63. The van der Waals surface area contributed by atoms with E-state index in [9.17, 15) is 9.59 Å². The molecule has 1 aromatic carbocycles. The average molecular weight is 345 g/mol. The van der Waals surface area contributed by atoms with Gasteiger partial charge in [0, 0.05) is 13.1 Å². The number of carbonyl (C=O) groups is 2. The lowest BCUT2D eigenvalue weighted by molar-refractivity contribution is -0.138. The van der Waals surface area contributed by atoms with Crippen molar-refractivity contribution in [2.75, 3.05) is 26.2 Å². The Kier molecular flexibility index (Phi) is 5.11. The van der Waals surface area contributed by atoms with Crippen molar-refractivity contribution in [3.05, 3.63) is 35.4 Å². The van der Waals surface area contributed by atoms with Crippen molar-refractivity contribution in [2.24, 2.45) is 11.8 Å². The zero-order valence-corrected chi connectivity index (χ0v) is 14.9. The molecule has 3 rings (SSSR count). The average Bonchev–Trinajstić information content (AvgIpc) is 3.24. The smallest absolute Gasteiger partial charge is 0.248 e. The van der Waals surface area contributed by atoms with Crippen LogP contribution in [0.25, 0.3) is 0 Å². The van der Waals surface area contributed by atoms with Gasteiger partial charge in [-0.25, -0.2) is 5.48 Å². The first-order chi connectivity index (χ1) is 12.0. The van der Waals surface area contributed by atoms with E-state index >= 15 is 0 Å². The highest BCUT2D eigenvalue weighted by molar-refractivity contribution is 5.90. The Morgan fingerprint density at radius 2 is 2.16 bits per heavy atom. The summed E-state index contributed by atoms with van der Waals surface area (Å²) in [5.41, 5.74) is 3.44. The molecule has 25 heavy (non-hydrogen) atoms. The molecule has 6 heteroatoms. The molecule has 0 saturated carbocycles. The van der Waals surface area contributed by atoms with Gasteiger partial charge < -0.3 is 10.2 Å². The van der Waals surface area contributed by atoms with E-state index in [1.165, 1.54) is 5.56 Å². The summed E-state index contributed by atoms with van der Waals surface area (Å²) < 4.78 is 0. The highest BCUT2D eigenvalue weighted by atomic mass is 16.5. The van der Waals surface area contributed by atoms with Gasteiger partial charge in [0.15, 0.2) is 0 Å². The van der Waals surface area contributed by atoms with Crippen molar-refractivity contribution in [1.82, 2.24) is 15.7 Å². The number of hydrogen-bond donors (Lipinski definition) is 3. The lowest BCUT2D eigenvalue weighted by atomic mass is 9.81. The topological polar surface area (TPSA) is 81.7 Å². The summed E-state index contributed by atoms with van der Waals surface area (Å²) in [6.07, 6.45) is 1.63. The summed E-state index contributed by atoms with van der Waals surface area (Å²) in [7, 11) is 0. The van der Waals surface area contributed by atoms with E-state index < -0.39 is 11.3 Å². The second-order valence-corrected chi connectivity index (χ2v) is 7.53. The Morgan fingerprint density at radius 3 is 2.76 bits per heavy atom. The van der Waals surface area contributed by atoms with Gasteiger partial charge in [-0.2, -0.15) is 0 Å². The molecule has 2 heterocycles. The molecule has 2 amide bonds. The standard InChI is InChI=1S/C19H27N3O3/c1-13-3-5-15(6-4-13)19(2)8-10-22(18(19)24)12-16(17(23)21-25)14-7-9-20-11-14/h3-6,14,16,20,25H,7-12H2,1-2H3,(H,21,23)/t14?,16-,19?/m1/s1. The molecule has 1 aromatic rings. The molecule has 2 fully saturated rings. The van der Waals surface area contributed by atoms with Crippen molar-refractivity contribution >= 4 is 11.8 Å². The van der Waals surface area contributed by atoms with Crippen LogP contribution in [0.15, 0.2) is 24.3 Å². The Hall–Kier alpha value is -1.92. The van der Waals surface area contributed by atoms with Crippen molar-refractivity contribution in [3.8, 4) is 0 Å². The summed E-state index contributed by atoms with van der Waals surface area (Å²) >= 11 is 0. The van der Waals surface area contributed by atoms with E-state index in [0.717, 1.165) is 31.5 Å². The Labute approximate surface area is 148 Å². The largest absolute Gasteiger partial charge is 0.341 e. The van der Waals surface area contributed by atoms with Crippen LogP contribution in [-0.2, 0) is 15.0 Å². The van der Waals surface area contributed by atoms with Crippen LogP contribution in [-0.4, -0.2) is 48.1 Å². The number of likely N-dealkylation sites (tertiary alicyclic amines) is 1. The van der Waals surface area contributed by atoms with Gasteiger partial charge in [-0.1, -0.05) is 29.8 Å². The molecule has 136 valence electrons. The van der Waals surface area contributed by atoms with Gasteiger partial charge in [-0.3, -0.25) is 14.8 Å². The van der Waals surface area contributed by atoms with Crippen LogP contribution in [0.5, 0.6) is 0 Å². The van der Waals surface area contributed by atoms with Gasteiger partial charge in [0.2, 0.25) is 11.8 Å². The van der Waals surface area contributed by atoms with E-state index in [0.29, 0.717) is 13.1 Å². The summed E-state index contributed by atoms with van der Waals surface area (Å²) in [5, 5.41) is 12.3. The minimum Gasteiger partial charge on any atom is -0.341 e.